The fraction of sp³-hybridized carbons (Fsp3) is 0.259. The van der Waals surface area contributed by atoms with Crippen molar-refractivity contribution in [3.05, 3.63) is 88.5 Å². The van der Waals surface area contributed by atoms with Crippen molar-refractivity contribution < 1.29 is 23.5 Å². The van der Waals surface area contributed by atoms with Crippen LogP contribution in [0.25, 0.3) is 6.08 Å². The summed E-state index contributed by atoms with van der Waals surface area (Å²) in [4.78, 5) is 26.3. The third-order valence-electron chi connectivity index (χ3n) is 5.48. The van der Waals surface area contributed by atoms with Crippen LogP contribution in [0.15, 0.2) is 64.9 Å². The van der Waals surface area contributed by atoms with E-state index in [1.807, 2.05) is 32.9 Å². The van der Waals surface area contributed by atoms with Crippen molar-refractivity contribution in [3.63, 3.8) is 0 Å². The standard InChI is InChI=1S/C27H30N2O5/c1-6-22(21-11-9-17(2)14-18(21)3)28-27(31)23(16-20-8-7-13-34-20)29-26(30)19-10-12-24(32-4)25(15-19)33-5/h7-16,22H,6H2,1-5H3,(H,28,31)(H,29,30)/b23-16-/t22-/m1/s1. The van der Waals surface area contributed by atoms with Crippen molar-refractivity contribution in [2.75, 3.05) is 14.2 Å². The lowest BCUT2D eigenvalue weighted by Crippen LogP contribution is -2.37. The molecule has 3 rings (SSSR count). The van der Waals surface area contributed by atoms with E-state index in [0.717, 1.165) is 16.7 Å². The van der Waals surface area contributed by atoms with Crippen LogP contribution >= 0.6 is 0 Å². The Bertz CT molecular complexity index is 1180. The van der Waals surface area contributed by atoms with Crippen molar-refractivity contribution in [2.24, 2.45) is 0 Å². The molecule has 178 valence electrons. The number of hydrogen-bond donors (Lipinski definition) is 2. The fourth-order valence-electron chi connectivity index (χ4n) is 3.70. The molecule has 0 aliphatic carbocycles. The minimum Gasteiger partial charge on any atom is -0.493 e. The first kappa shape index (κ1) is 24.6. The molecule has 0 saturated carbocycles. The Morgan fingerprint density at radius 1 is 1.03 bits per heavy atom. The molecular formula is C27H30N2O5. The molecule has 0 bridgehead atoms. The van der Waals surface area contributed by atoms with Gasteiger partial charge in [-0.1, -0.05) is 30.7 Å². The third-order valence-corrected chi connectivity index (χ3v) is 5.48. The van der Waals surface area contributed by atoms with Crippen molar-refractivity contribution in [1.29, 1.82) is 0 Å². The van der Waals surface area contributed by atoms with Gasteiger partial charge in [-0.3, -0.25) is 9.59 Å². The van der Waals surface area contributed by atoms with Gasteiger partial charge in [0.2, 0.25) is 0 Å². The predicted octanol–water partition coefficient (Wildman–Crippen LogP) is 4.95. The van der Waals surface area contributed by atoms with E-state index in [9.17, 15) is 9.59 Å². The van der Waals surface area contributed by atoms with Gasteiger partial charge in [-0.2, -0.15) is 0 Å². The molecule has 1 atom stereocenters. The minimum absolute atomic E-state index is 0.0675. The number of rotatable bonds is 9. The van der Waals surface area contributed by atoms with Crippen LogP contribution in [0, 0.1) is 13.8 Å². The lowest BCUT2D eigenvalue weighted by molar-refractivity contribution is -0.118. The van der Waals surface area contributed by atoms with E-state index >= 15 is 0 Å². The van der Waals surface area contributed by atoms with Crippen molar-refractivity contribution >= 4 is 17.9 Å². The van der Waals surface area contributed by atoms with Crippen LogP contribution < -0.4 is 20.1 Å². The molecule has 0 aliphatic heterocycles. The second kappa shape index (κ2) is 11.2. The van der Waals surface area contributed by atoms with Gasteiger partial charge in [0.05, 0.1) is 26.5 Å². The highest BCUT2D eigenvalue weighted by Crippen LogP contribution is 2.28. The van der Waals surface area contributed by atoms with Crippen molar-refractivity contribution in [3.8, 4) is 11.5 Å². The number of hydrogen-bond acceptors (Lipinski definition) is 5. The zero-order valence-electron chi connectivity index (χ0n) is 20.1. The summed E-state index contributed by atoms with van der Waals surface area (Å²) in [5.74, 6) is 0.474. The molecule has 2 N–H and O–H groups in total. The SMILES string of the molecule is CC[C@@H](NC(=O)/C(=C/c1ccco1)NC(=O)c1ccc(OC)c(OC)c1)c1ccc(C)cc1C. The molecule has 0 radical (unpaired) electrons. The maximum absolute atomic E-state index is 13.3. The number of carbonyl (C=O) groups excluding carboxylic acids is 2. The smallest absolute Gasteiger partial charge is 0.268 e. The summed E-state index contributed by atoms with van der Waals surface area (Å²) in [6.07, 6.45) is 3.69. The highest BCUT2D eigenvalue weighted by molar-refractivity contribution is 6.05. The van der Waals surface area contributed by atoms with Gasteiger partial charge in [0.25, 0.3) is 11.8 Å². The quantitative estimate of drug-likeness (QED) is 0.439. The van der Waals surface area contributed by atoms with Gasteiger partial charge in [0.15, 0.2) is 11.5 Å². The van der Waals surface area contributed by atoms with E-state index in [4.69, 9.17) is 13.9 Å². The van der Waals surface area contributed by atoms with Gasteiger partial charge in [-0.25, -0.2) is 0 Å². The predicted molar refractivity (Wildman–Crippen MR) is 131 cm³/mol. The summed E-state index contributed by atoms with van der Waals surface area (Å²) < 4.78 is 15.9. The summed E-state index contributed by atoms with van der Waals surface area (Å²) in [6.45, 7) is 6.06. The average molecular weight is 463 g/mol. The lowest BCUT2D eigenvalue weighted by atomic mass is 9.97. The molecule has 0 unspecified atom stereocenters. The Hall–Kier alpha value is -4.00. The van der Waals surface area contributed by atoms with Gasteiger partial charge < -0.3 is 24.5 Å². The van der Waals surface area contributed by atoms with Crippen LogP contribution in [0.3, 0.4) is 0 Å². The van der Waals surface area contributed by atoms with Gasteiger partial charge in [0, 0.05) is 11.6 Å². The molecular weight excluding hydrogens is 432 g/mol. The monoisotopic (exact) mass is 462 g/mol. The van der Waals surface area contributed by atoms with Gasteiger partial charge in [-0.15, -0.1) is 0 Å². The Morgan fingerprint density at radius 2 is 1.79 bits per heavy atom. The molecule has 34 heavy (non-hydrogen) atoms. The topological polar surface area (TPSA) is 89.8 Å². The van der Waals surface area contributed by atoms with E-state index in [0.29, 0.717) is 29.2 Å². The second-order valence-electron chi connectivity index (χ2n) is 7.89. The molecule has 1 heterocycles. The molecule has 2 amide bonds. The highest BCUT2D eigenvalue weighted by Gasteiger charge is 2.21. The molecule has 7 nitrogen and oxygen atoms in total. The molecule has 7 heteroatoms. The van der Waals surface area contributed by atoms with Gasteiger partial charge >= 0.3 is 0 Å². The molecule has 0 aliphatic rings. The molecule has 2 aromatic carbocycles. The summed E-state index contributed by atoms with van der Waals surface area (Å²) in [5.41, 5.74) is 3.67. The number of nitrogens with one attached hydrogen (secondary N) is 2. The first-order chi connectivity index (χ1) is 16.4. The van der Waals surface area contributed by atoms with Crippen LogP contribution in [-0.2, 0) is 4.79 Å². The summed E-state index contributed by atoms with van der Waals surface area (Å²) in [7, 11) is 3.01. The summed E-state index contributed by atoms with van der Waals surface area (Å²) in [6, 6.07) is 14.1. The highest BCUT2D eigenvalue weighted by atomic mass is 16.5. The second-order valence-corrected chi connectivity index (χ2v) is 7.89. The molecule has 3 aromatic rings. The largest absolute Gasteiger partial charge is 0.493 e. The lowest BCUT2D eigenvalue weighted by Gasteiger charge is -2.21. The minimum atomic E-state index is -0.464. The zero-order chi connectivity index (χ0) is 24.7. The normalized spacial score (nSPS) is 12.1. The van der Waals surface area contributed by atoms with E-state index in [1.54, 1.807) is 30.3 Å². The molecule has 0 spiro atoms. The first-order valence-corrected chi connectivity index (χ1v) is 11.0. The third kappa shape index (κ3) is 5.86. The van der Waals surface area contributed by atoms with Crippen molar-refractivity contribution in [2.45, 2.75) is 33.2 Å². The van der Waals surface area contributed by atoms with Crippen LogP contribution in [-0.4, -0.2) is 26.0 Å². The number of carbonyl (C=O) groups is 2. The number of furan rings is 1. The van der Waals surface area contributed by atoms with Crippen LogP contribution in [0.1, 0.15) is 52.2 Å². The number of ether oxygens (including phenoxy) is 2. The molecule has 0 fully saturated rings. The van der Waals surface area contributed by atoms with E-state index in [2.05, 4.69) is 16.7 Å². The van der Waals surface area contributed by atoms with Crippen LogP contribution in [0.4, 0.5) is 0 Å². The Morgan fingerprint density at radius 3 is 2.41 bits per heavy atom. The number of aryl methyl sites for hydroxylation is 2. The Kier molecular flexibility index (Phi) is 8.14. The molecule has 1 aromatic heterocycles. The number of benzene rings is 2. The number of amides is 2. The zero-order valence-corrected chi connectivity index (χ0v) is 20.1. The van der Waals surface area contributed by atoms with E-state index in [-0.39, 0.29) is 11.7 Å². The van der Waals surface area contributed by atoms with Gasteiger partial charge in [0.1, 0.15) is 11.5 Å². The van der Waals surface area contributed by atoms with E-state index < -0.39 is 11.8 Å². The van der Waals surface area contributed by atoms with Gasteiger partial charge in [-0.05, 0) is 61.7 Å². The maximum atomic E-state index is 13.3. The van der Waals surface area contributed by atoms with Crippen LogP contribution in [0.5, 0.6) is 11.5 Å². The van der Waals surface area contributed by atoms with E-state index in [1.165, 1.54) is 26.6 Å². The number of methoxy groups -OCH3 is 2. The Balaban J connectivity index is 1.87. The summed E-state index contributed by atoms with van der Waals surface area (Å²) >= 11 is 0. The summed E-state index contributed by atoms with van der Waals surface area (Å²) in [5, 5.41) is 5.76. The maximum Gasteiger partial charge on any atom is 0.268 e. The fourth-order valence-corrected chi connectivity index (χ4v) is 3.70. The average Bonchev–Trinajstić information content (AvgIpc) is 3.35. The van der Waals surface area contributed by atoms with Crippen LogP contribution in [0.2, 0.25) is 0 Å². The van der Waals surface area contributed by atoms with Crippen molar-refractivity contribution in [1.82, 2.24) is 10.6 Å². The first-order valence-electron chi connectivity index (χ1n) is 11.0. The molecule has 0 saturated heterocycles. The Labute approximate surface area is 199 Å².